The van der Waals surface area contributed by atoms with Crippen LogP contribution < -0.4 is 31.7 Å². The summed E-state index contributed by atoms with van der Waals surface area (Å²) in [6.45, 7) is 25.8. The van der Waals surface area contributed by atoms with Gasteiger partial charge < -0.3 is 27.6 Å². The van der Waals surface area contributed by atoms with Crippen LogP contribution in [0, 0.1) is 0 Å². The molecule has 0 bridgehead atoms. The summed E-state index contributed by atoms with van der Waals surface area (Å²) in [4.78, 5) is 5.36. The van der Waals surface area contributed by atoms with E-state index in [0.29, 0.717) is 0 Å². The molecule has 20 aromatic carbocycles. The molecule has 136 heavy (non-hydrogen) atoms. The molecule has 0 radical (unpaired) electrons. The lowest BCUT2D eigenvalue weighted by molar-refractivity contribution is 0.517. The average molecular weight is 1740 g/mol. The maximum Gasteiger partial charge on any atom is 0.333 e. The van der Waals surface area contributed by atoms with E-state index < -0.39 is 5.41 Å². The highest BCUT2D eigenvalue weighted by molar-refractivity contribution is 6.91. The minimum atomic E-state index is -0.451. The highest BCUT2D eigenvalue weighted by Crippen LogP contribution is 2.58. The predicted molar refractivity (Wildman–Crippen MR) is 579 cm³/mol. The van der Waals surface area contributed by atoms with Gasteiger partial charge in [0.15, 0.2) is 0 Å². The minimum Gasteiger partial charge on any atom is -0.456 e. The molecule has 0 saturated heterocycles. The van der Waals surface area contributed by atoms with Gasteiger partial charge in [0.2, 0.25) is 0 Å². The Morgan fingerprint density at radius 2 is 0.625 bits per heavy atom. The highest BCUT2D eigenvalue weighted by Gasteiger charge is 2.49. The van der Waals surface area contributed by atoms with Crippen LogP contribution in [0.1, 0.15) is 104 Å². The number of furan rings is 2. The van der Waals surface area contributed by atoms with E-state index in [2.05, 4.69) is 465 Å². The normalized spacial score (nSPS) is 13.5. The van der Waals surface area contributed by atoms with Gasteiger partial charge in [-0.15, -0.1) is 0 Å². The molecule has 0 N–H and O–H groups in total. The van der Waals surface area contributed by atoms with E-state index >= 15 is 0 Å². The number of benzene rings is 20. The molecule has 4 aromatic heterocycles. The van der Waals surface area contributed by atoms with Gasteiger partial charge in [0, 0.05) is 122 Å². The van der Waals surface area contributed by atoms with E-state index in [1.165, 1.54) is 198 Å². The molecular formula is C128H96B2N4O2. The molecule has 8 heterocycles. The molecule has 0 aliphatic carbocycles. The SMILES string of the molecule is CC(C)(C)c1cc(N2c3cc4c(-c5ccccc5)c5ccccc5c(-c5ccccc5)c4cc3B3c4c2cc2c(oc5ccccc52)c4-c2cccc4c5cc(CC(C)(C)c6cc(N7c8cc9c(-c%10ccccc%10)c%10ccccc%10c(-c%10ccccc%10)c9cc8B8c9c7cc7oc%10ccccc%10c7c9-c7cccc9c%10ccccc%10n8c79)cc(C(C)(C)C)c6)ccc5n3c24)cc(C(C)(C)C)c1. The number of para-hydroxylation sites is 5. The molecular weight excluding hydrogens is 1650 g/mol. The standard InChI is InChI=1S/C128H96B2N4O2/c1-125(2,3)79-61-80(126(4,5)6)64-83(63-79)131-106-69-99-98(114(76-38-18-13-19-39-76)88-47-25-26-48-89(88)115(99)77-40-20-14-21-41-77)68-103(106)130-121-108(131)71-101-86-45-29-32-56-110(86)136-124(101)119(121)95-54-35-52-92-96-60-74(58-59-105(96)134(130)123(92)95)73-128(10,11)82-62-81(127(7,8)9)65-84(66-82)132-107-70-100-97(113(75-36-16-12-17-37-75)87-46-24-27-49-90(87)116(100)78-42-22-15-23-43-78)67-102(107)129-120-109(132)72-112-117(93-50-30-33-57-111(93)135-112)118(120)94-53-34-51-91-85-44-28-31-55-104(85)133(129)122(91)94/h12-72H,73H2,1-11H3. The Labute approximate surface area is 791 Å². The van der Waals surface area contributed by atoms with Crippen molar-refractivity contribution in [3.63, 3.8) is 0 Å². The van der Waals surface area contributed by atoms with Gasteiger partial charge in [0.25, 0.3) is 0 Å². The van der Waals surface area contributed by atoms with Crippen molar-refractivity contribution < 1.29 is 8.83 Å². The zero-order chi connectivity index (χ0) is 91.2. The number of hydrogen-bond acceptors (Lipinski definition) is 4. The predicted octanol–water partition coefficient (Wildman–Crippen LogP) is 32.2. The minimum absolute atomic E-state index is 0.175. The smallest absolute Gasteiger partial charge is 0.333 e. The highest BCUT2D eigenvalue weighted by atomic mass is 16.3. The lowest BCUT2D eigenvalue weighted by atomic mass is 9.44. The molecule has 4 aliphatic rings. The number of fused-ring (bicyclic) bond motifs is 26. The van der Waals surface area contributed by atoms with Crippen LogP contribution in [0.5, 0.6) is 0 Å². The van der Waals surface area contributed by atoms with Gasteiger partial charge in [-0.25, -0.2) is 0 Å². The third-order valence-corrected chi connectivity index (χ3v) is 31.1. The fourth-order valence-corrected chi connectivity index (χ4v) is 24.9. The Morgan fingerprint density at radius 3 is 1.12 bits per heavy atom. The van der Waals surface area contributed by atoms with Crippen molar-refractivity contribution in [2.45, 2.75) is 104 Å². The molecule has 4 aliphatic heterocycles. The third-order valence-electron chi connectivity index (χ3n) is 31.1. The lowest BCUT2D eigenvalue weighted by Gasteiger charge is -2.42. The van der Waals surface area contributed by atoms with Crippen LogP contribution in [0.2, 0.25) is 0 Å². The zero-order valence-electron chi connectivity index (χ0n) is 78.2. The molecule has 646 valence electrons. The maximum atomic E-state index is 7.50. The van der Waals surface area contributed by atoms with E-state index in [1.807, 2.05) is 0 Å². The molecule has 0 atom stereocenters. The van der Waals surface area contributed by atoms with E-state index in [1.54, 1.807) is 0 Å². The Morgan fingerprint density at radius 1 is 0.250 bits per heavy atom. The molecule has 0 spiro atoms. The molecule has 0 fully saturated rings. The Bertz CT molecular complexity index is 9340. The molecule has 0 saturated carbocycles. The fourth-order valence-electron chi connectivity index (χ4n) is 24.9. The van der Waals surface area contributed by atoms with Crippen molar-refractivity contribution in [2.24, 2.45) is 0 Å². The van der Waals surface area contributed by atoms with Crippen LogP contribution in [0.3, 0.4) is 0 Å². The molecule has 24 aromatic rings. The van der Waals surface area contributed by atoms with Crippen LogP contribution in [-0.4, -0.2) is 22.7 Å². The van der Waals surface area contributed by atoms with Gasteiger partial charge in [-0.3, -0.25) is 0 Å². The second-order valence-corrected chi connectivity index (χ2v) is 42.6. The largest absolute Gasteiger partial charge is 0.456 e. The van der Waals surface area contributed by atoms with E-state index in [0.717, 1.165) is 90.0 Å². The molecule has 8 heteroatoms. The first kappa shape index (κ1) is 79.0. The van der Waals surface area contributed by atoms with Crippen LogP contribution in [-0.2, 0) is 28.1 Å². The third kappa shape index (κ3) is 11.2. The topological polar surface area (TPSA) is 42.6 Å². The number of hydrogen-bond donors (Lipinski definition) is 0. The Balaban J connectivity index is 0.686. The van der Waals surface area contributed by atoms with Crippen LogP contribution in [0.25, 0.3) is 197 Å². The maximum absolute atomic E-state index is 7.50. The Kier molecular flexibility index (Phi) is 16.4. The summed E-state index contributed by atoms with van der Waals surface area (Å²) in [6, 6.07) is 142. The lowest BCUT2D eigenvalue weighted by Crippen LogP contribution is -2.56. The Hall–Kier alpha value is -15.6. The molecule has 6 nitrogen and oxygen atoms in total. The first-order valence-electron chi connectivity index (χ1n) is 48.4. The van der Waals surface area contributed by atoms with Crippen molar-refractivity contribution in [1.82, 2.24) is 8.96 Å². The second-order valence-electron chi connectivity index (χ2n) is 42.6. The summed E-state index contributed by atoms with van der Waals surface area (Å²) in [7, 11) is 0. The zero-order valence-corrected chi connectivity index (χ0v) is 78.2. The summed E-state index contributed by atoms with van der Waals surface area (Å²) in [5.74, 6) is 0. The first-order valence-corrected chi connectivity index (χ1v) is 48.4. The average Bonchev–Trinajstić information content (AvgIpc) is 1.44. The number of aromatic nitrogens is 2. The fraction of sp³-hybridized carbons (Fsp3) is 0.125. The van der Waals surface area contributed by atoms with Crippen LogP contribution >= 0.6 is 0 Å². The number of nitrogens with zero attached hydrogens (tertiary/aromatic N) is 4. The monoisotopic (exact) mass is 1740 g/mol. The van der Waals surface area contributed by atoms with Crippen molar-refractivity contribution in [3.8, 4) is 66.8 Å². The number of anilines is 6. The second kappa shape index (κ2) is 28.2. The molecule has 28 rings (SSSR count). The van der Waals surface area contributed by atoms with Crippen LogP contribution in [0.15, 0.2) is 379 Å². The van der Waals surface area contributed by atoms with Crippen molar-refractivity contribution in [1.29, 1.82) is 0 Å². The summed E-state index contributed by atoms with van der Waals surface area (Å²) in [6.07, 6.45) is 0.747. The quantitative estimate of drug-likeness (QED) is 0.107. The van der Waals surface area contributed by atoms with Crippen molar-refractivity contribution in [3.05, 3.63) is 398 Å². The summed E-state index contributed by atoms with van der Waals surface area (Å²) < 4.78 is 20.3. The molecule has 0 amide bonds. The summed E-state index contributed by atoms with van der Waals surface area (Å²) in [5, 5.41) is 19.1. The van der Waals surface area contributed by atoms with Crippen molar-refractivity contribution >= 4 is 200 Å². The van der Waals surface area contributed by atoms with Gasteiger partial charge >= 0.3 is 13.7 Å². The number of rotatable bonds is 9. The first-order chi connectivity index (χ1) is 66.1. The van der Waals surface area contributed by atoms with Crippen LogP contribution in [0.4, 0.5) is 34.1 Å². The van der Waals surface area contributed by atoms with Crippen molar-refractivity contribution in [2.75, 3.05) is 9.80 Å². The molecule has 0 unspecified atom stereocenters. The summed E-state index contributed by atoms with van der Waals surface area (Å²) >= 11 is 0. The van der Waals surface area contributed by atoms with Gasteiger partial charge in [-0.1, -0.05) is 367 Å². The van der Waals surface area contributed by atoms with Gasteiger partial charge in [0.05, 0.1) is 0 Å². The van der Waals surface area contributed by atoms with Gasteiger partial charge in [0.1, 0.15) is 22.3 Å². The van der Waals surface area contributed by atoms with E-state index in [4.69, 9.17) is 8.83 Å². The van der Waals surface area contributed by atoms with Gasteiger partial charge in [-0.05, 0) is 244 Å². The van der Waals surface area contributed by atoms with E-state index in [-0.39, 0.29) is 29.9 Å². The van der Waals surface area contributed by atoms with Gasteiger partial charge in [-0.2, -0.15) is 0 Å². The van der Waals surface area contributed by atoms with E-state index in [9.17, 15) is 0 Å². The summed E-state index contributed by atoms with van der Waals surface area (Å²) in [5.41, 5.74) is 39.9.